The Balaban J connectivity index is 1.73. The van der Waals surface area contributed by atoms with Gasteiger partial charge >= 0.3 is 0 Å². The van der Waals surface area contributed by atoms with Crippen LogP contribution in [-0.4, -0.2) is 21.5 Å². The molecule has 2 fully saturated rings. The van der Waals surface area contributed by atoms with Gasteiger partial charge in [-0.25, -0.2) is 0 Å². The first-order valence-electron chi connectivity index (χ1n) is 9.72. The average molecular weight is 472 g/mol. The average Bonchev–Trinajstić information content (AvgIpc) is 3.26. The van der Waals surface area contributed by atoms with Crippen molar-refractivity contribution in [3.8, 4) is 0 Å². The fourth-order valence-corrected chi connectivity index (χ4v) is 5.00. The molecule has 2 aliphatic rings. The van der Waals surface area contributed by atoms with E-state index in [1.165, 1.54) is 30.6 Å². The Bertz CT molecular complexity index is 1050. The highest BCUT2D eigenvalue weighted by atomic mass is 79.9. The monoisotopic (exact) mass is 471 g/mol. The Morgan fingerprint density at radius 2 is 1.90 bits per heavy atom. The summed E-state index contributed by atoms with van der Waals surface area (Å²) in [5, 5.41) is 2.74. The van der Waals surface area contributed by atoms with Crippen LogP contribution in [0.5, 0.6) is 0 Å². The van der Waals surface area contributed by atoms with E-state index in [-0.39, 0.29) is 10.7 Å². The van der Waals surface area contributed by atoms with Crippen LogP contribution < -0.4 is 10.2 Å². The van der Waals surface area contributed by atoms with Crippen molar-refractivity contribution < 1.29 is 9.59 Å². The number of anilines is 1. The minimum Gasteiger partial charge on any atom is -0.346 e. The van der Waals surface area contributed by atoms with Gasteiger partial charge in [0.2, 0.25) is 0 Å². The molecule has 7 heteroatoms. The fourth-order valence-electron chi connectivity index (χ4n) is 4.34. The van der Waals surface area contributed by atoms with Gasteiger partial charge in [0.25, 0.3) is 11.8 Å². The maximum atomic E-state index is 13.2. The molecule has 0 bridgehead atoms. The van der Waals surface area contributed by atoms with Gasteiger partial charge in [-0.3, -0.25) is 19.8 Å². The summed E-state index contributed by atoms with van der Waals surface area (Å²) in [5.74, 6) is -0.876. The molecule has 29 heavy (non-hydrogen) atoms. The Morgan fingerprint density at radius 1 is 1.17 bits per heavy atom. The highest BCUT2D eigenvalue weighted by Gasteiger charge is 2.35. The number of thiocarbonyl (C=S) groups is 1. The second-order valence-corrected chi connectivity index (χ2v) is 8.87. The van der Waals surface area contributed by atoms with Crippen molar-refractivity contribution in [2.24, 2.45) is 0 Å². The summed E-state index contributed by atoms with van der Waals surface area (Å²) in [7, 11) is 0. The van der Waals surface area contributed by atoms with E-state index in [2.05, 4.69) is 45.7 Å². The predicted octanol–water partition coefficient (Wildman–Crippen LogP) is 4.81. The largest absolute Gasteiger partial charge is 0.346 e. The lowest BCUT2D eigenvalue weighted by atomic mass is 10.1. The molecule has 1 aliphatic carbocycles. The van der Waals surface area contributed by atoms with Crippen LogP contribution in [0.1, 0.15) is 48.7 Å². The molecule has 1 aliphatic heterocycles. The minimum absolute atomic E-state index is 0.0882. The molecule has 0 atom stereocenters. The number of carbonyl (C=O) groups is 2. The van der Waals surface area contributed by atoms with Gasteiger partial charge < -0.3 is 4.57 Å². The van der Waals surface area contributed by atoms with Gasteiger partial charge in [0.15, 0.2) is 5.11 Å². The topological polar surface area (TPSA) is 54.3 Å². The number of nitrogens with zero attached hydrogens (tertiary/aromatic N) is 2. The molecular weight excluding hydrogens is 450 g/mol. The zero-order chi connectivity index (χ0) is 20.7. The fraction of sp³-hybridized carbons (Fsp3) is 0.318. The van der Waals surface area contributed by atoms with Crippen LogP contribution in [0.25, 0.3) is 6.08 Å². The summed E-state index contributed by atoms with van der Waals surface area (Å²) in [5.41, 5.74) is 3.84. The molecule has 1 aromatic carbocycles. The normalized spacial score (nSPS) is 19.3. The molecule has 1 aromatic heterocycles. The van der Waals surface area contributed by atoms with E-state index in [1.807, 2.05) is 12.1 Å². The van der Waals surface area contributed by atoms with Gasteiger partial charge in [-0.2, -0.15) is 0 Å². The van der Waals surface area contributed by atoms with Crippen LogP contribution in [0, 0.1) is 13.8 Å². The van der Waals surface area contributed by atoms with Crippen LogP contribution in [0.15, 0.2) is 40.4 Å². The molecule has 1 saturated carbocycles. The molecule has 4 rings (SSSR count). The van der Waals surface area contributed by atoms with E-state index >= 15 is 0 Å². The van der Waals surface area contributed by atoms with Gasteiger partial charge in [0.05, 0.1) is 5.69 Å². The Hall–Kier alpha value is -2.25. The van der Waals surface area contributed by atoms with E-state index < -0.39 is 11.8 Å². The predicted molar refractivity (Wildman–Crippen MR) is 122 cm³/mol. The van der Waals surface area contributed by atoms with Gasteiger partial charge in [-0.05, 0) is 74.8 Å². The quantitative estimate of drug-likeness (QED) is 0.396. The van der Waals surface area contributed by atoms with E-state index in [1.54, 1.807) is 18.2 Å². The number of nitrogens with one attached hydrogen (secondary N) is 1. The lowest BCUT2D eigenvalue weighted by molar-refractivity contribution is -0.122. The van der Waals surface area contributed by atoms with Crippen molar-refractivity contribution in [3.05, 3.63) is 57.3 Å². The van der Waals surface area contributed by atoms with Crippen LogP contribution in [0.3, 0.4) is 0 Å². The molecule has 1 saturated heterocycles. The maximum Gasteiger partial charge on any atom is 0.270 e. The van der Waals surface area contributed by atoms with Gasteiger partial charge in [0, 0.05) is 21.9 Å². The van der Waals surface area contributed by atoms with Crippen LogP contribution in [-0.2, 0) is 9.59 Å². The number of carbonyl (C=O) groups excluding carboxylic acids is 2. The lowest BCUT2D eigenvalue weighted by Gasteiger charge is -2.29. The number of benzene rings is 1. The standard InChI is InChI=1S/C22H22BrN3O2S/c1-13-10-15(14(2)25(13)17-7-3-4-8-17)11-19-20(27)24-22(29)26(21(19)28)18-9-5-6-16(23)12-18/h5-6,9-12,17H,3-4,7-8H2,1-2H3,(H,24,27,29)/b19-11+. The number of halogens is 1. The van der Waals surface area contributed by atoms with Crippen molar-refractivity contribution in [2.75, 3.05) is 4.90 Å². The summed E-state index contributed by atoms with van der Waals surface area (Å²) in [6.45, 7) is 4.14. The summed E-state index contributed by atoms with van der Waals surface area (Å²) >= 11 is 8.69. The summed E-state index contributed by atoms with van der Waals surface area (Å²) in [4.78, 5) is 27.2. The van der Waals surface area contributed by atoms with Crippen molar-refractivity contribution >= 4 is 56.8 Å². The summed E-state index contributed by atoms with van der Waals surface area (Å²) in [6, 6.07) is 9.83. The van der Waals surface area contributed by atoms with Gasteiger partial charge in [-0.1, -0.05) is 34.8 Å². The molecule has 0 unspecified atom stereocenters. The van der Waals surface area contributed by atoms with E-state index in [0.717, 1.165) is 21.4 Å². The summed E-state index contributed by atoms with van der Waals surface area (Å²) in [6.07, 6.45) is 6.54. The smallest absolute Gasteiger partial charge is 0.270 e. The highest BCUT2D eigenvalue weighted by Crippen LogP contribution is 2.34. The molecule has 5 nitrogen and oxygen atoms in total. The van der Waals surface area contributed by atoms with Gasteiger partial charge in [0.1, 0.15) is 5.57 Å². The summed E-state index contributed by atoms with van der Waals surface area (Å²) < 4.78 is 3.18. The molecule has 2 aromatic rings. The maximum absolute atomic E-state index is 13.2. The van der Waals surface area contributed by atoms with Crippen LogP contribution in [0.2, 0.25) is 0 Å². The third-order valence-corrected chi connectivity index (χ3v) is 6.46. The molecule has 150 valence electrons. The highest BCUT2D eigenvalue weighted by molar-refractivity contribution is 9.10. The third-order valence-electron chi connectivity index (χ3n) is 5.68. The Morgan fingerprint density at radius 3 is 2.59 bits per heavy atom. The second kappa shape index (κ2) is 7.88. The van der Waals surface area contributed by atoms with Crippen molar-refractivity contribution in [2.45, 2.75) is 45.6 Å². The molecule has 2 amide bonds. The first kappa shape index (κ1) is 20.0. The van der Waals surface area contributed by atoms with E-state index in [0.29, 0.717) is 11.7 Å². The zero-order valence-corrected chi connectivity index (χ0v) is 18.8. The Kier molecular flexibility index (Phi) is 5.44. The van der Waals surface area contributed by atoms with Gasteiger partial charge in [-0.15, -0.1) is 0 Å². The SMILES string of the molecule is Cc1cc(/C=C2\C(=O)NC(=S)N(c3cccc(Br)c3)C2=O)c(C)n1C1CCCC1. The number of amides is 2. The Labute approximate surface area is 183 Å². The number of aryl methyl sites for hydroxylation is 1. The lowest BCUT2D eigenvalue weighted by Crippen LogP contribution is -2.54. The minimum atomic E-state index is -0.461. The molecule has 1 N–H and O–H groups in total. The number of aromatic nitrogens is 1. The van der Waals surface area contributed by atoms with Crippen LogP contribution in [0.4, 0.5) is 5.69 Å². The van der Waals surface area contributed by atoms with E-state index in [9.17, 15) is 9.59 Å². The molecule has 0 spiro atoms. The molecular formula is C22H22BrN3O2S. The molecule has 0 radical (unpaired) electrons. The second-order valence-electron chi connectivity index (χ2n) is 7.57. The number of hydrogen-bond donors (Lipinski definition) is 1. The number of rotatable bonds is 3. The third kappa shape index (κ3) is 3.69. The van der Waals surface area contributed by atoms with Crippen LogP contribution >= 0.6 is 28.1 Å². The number of hydrogen-bond acceptors (Lipinski definition) is 3. The van der Waals surface area contributed by atoms with Crippen molar-refractivity contribution in [1.82, 2.24) is 9.88 Å². The first-order chi connectivity index (χ1) is 13.9. The zero-order valence-electron chi connectivity index (χ0n) is 16.4. The van der Waals surface area contributed by atoms with Crippen molar-refractivity contribution in [3.63, 3.8) is 0 Å². The first-order valence-corrected chi connectivity index (χ1v) is 10.9. The van der Waals surface area contributed by atoms with Crippen molar-refractivity contribution in [1.29, 1.82) is 0 Å². The van der Waals surface area contributed by atoms with E-state index in [4.69, 9.17) is 12.2 Å². The molecule has 2 heterocycles.